The molecule has 0 saturated heterocycles. The maximum absolute atomic E-state index is 6.96. The molecule has 0 saturated carbocycles. The van der Waals surface area contributed by atoms with E-state index in [4.69, 9.17) is 17.0 Å². The van der Waals surface area contributed by atoms with Gasteiger partial charge in [0.05, 0.1) is 6.54 Å². The smallest absolute Gasteiger partial charge is 0.219 e. The Bertz CT molecular complexity index is 1300. The predicted octanol–water partition coefficient (Wildman–Crippen LogP) is 4.95. The second-order valence-electron chi connectivity index (χ2n) is 8.64. The van der Waals surface area contributed by atoms with Crippen LogP contribution in [0.1, 0.15) is 31.9 Å². The molecule has 0 aliphatic rings. The fourth-order valence-corrected chi connectivity index (χ4v) is 4.36. The highest BCUT2D eigenvalue weighted by Crippen LogP contribution is 2.43. The van der Waals surface area contributed by atoms with Crippen LogP contribution in [0.2, 0.25) is 0 Å². The Morgan fingerprint density at radius 2 is 1.73 bits per heavy atom. The number of hydrogen-bond acceptors (Lipinski definition) is 5. The Kier molecular flexibility index (Phi) is 5.91. The van der Waals surface area contributed by atoms with Crippen LogP contribution in [0.4, 0.5) is 5.95 Å². The van der Waals surface area contributed by atoms with Crippen LogP contribution in [0.15, 0.2) is 77.4 Å². The van der Waals surface area contributed by atoms with Gasteiger partial charge in [-0.3, -0.25) is 0 Å². The first-order valence-corrected chi connectivity index (χ1v) is 10.8. The van der Waals surface area contributed by atoms with Crippen molar-refractivity contribution >= 4 is 22.7 Å². The van der Waals surface area contributed by atoms with E-state index in [0.29, 0.717) is 18.3 Å². The summed E-state index contributed by atoms with van der Waals surface area (Å²) in [5, 5.41) is 7.91. The zero-order valence-electron chi connectivity index (χ0n) is 19.0. The number of aromatic nitrogens is 3. The first-order valence-electron chi connectivity index (χ1n) is 10.8. The molecule has 4 aromatic rings. The van der Waals surface area contributed by atoms with Crippen molar-refractivity contribution in [1.82, 2.24) is 14.5 Å². The normalized spacial score (nSPS) is 13.9. The van der Waals surface area contributed by atoms with Crippen LogP contribution >= 0.6 is 0 Å². The third-order valence-corrected chi connectivity index (χ3v) is 6.50. The standard InChI is InChI=1S/C25H28N8/c1-16(2)25(3,19-10-8-17(9-11-19)18-12-29-24(27)30-13-18)21-14-33(15-23(26)31-32-28)22-7-5-4-6-20(21)22/h4-14,16H,15H2,1-3H3,(H3,26,28,31)(H2,27,29,30). The fourth-order valence-electron chi connectivity index (χ4n) is 4.36. The van der Waals surface area contributed by atoms with Crippen LogP contribution in [0.5, 0.6) is 0 Å². The molecule has 0 amide bonds. The summed E-state index contributed by atoms with van der Waals surface area (Å²) in [5.74, 6) is 0.872. The van der Waals surface area contributed by atoms with Crippen molar-refractivity contribution < 1.29 is 0 Å². The largest absolute Gasteiger partial charge is 0.384 e. The van der Waals surface area contributed by atoms with Crippen molar-refractivity contribution in [2.45, 2.75) is 32.7 Å². The molecular formula is C25H28N8. The SMILES string of the molecule is CC(C)C(C)(c1ccc(-c2cnc(N)nc2)cc1)c1cn(CC(N)=NN=N)c2ccccc12. The van der Waals surface area contributed by atoms with Gasteiger partial charge in [0, 0.05) is 40.5 Å². The van der Waals surface area contributed by atoms with Gasteiger partial charge in [-0.1, -0.05) is 68.5 Å². The number of amidine groups is 1. The lowest BCUT2D eigenvalue weighted by Gasteiger charge is -2.35. The maximum Gasteiger partial charge on any atom is 0.219 e. The number of anilines is 1. The lowest BCUT2D eigenvalue weighted by Crippen LogP contribution is -2.30. The number of nitrogens with zero attached hydrogens (tertiary/aromatic N) is 5. The summed E-state index contributed by atoms with van der Waals surface area (Å²) in [6, 6.07) is 16.8. The highest BCUT2D eigenvalue weighted by Gasteiger charge is 2.35. The van der Waals surface area contributed by atoms with Crippen LogP contribution in [-0.2, 0) is 12.0 Å². The summed E-state index contributed by atoms with van der Waals surface area (Å²) in [7, 11) is 0. The van der Waals surface area contributed by atoms with E-state index in [1.165, 1.54) is 16.5 Å². The Morgan fingerprint density at radius 1 is 1.06 bits per heavy atom. The van der Waals surface area contributed by atoms with E-state index in [2.05, 4.69) is 94.3 Å². The monoisotopic (exact) mass is 440 g/mol. The molecule has 5 N–H and O–H groups in total. The van der Waals surface area contributed by atoms with E-state index in [1.807, 2.05) is 6.07 Å². The van der Waals surface area contributed by atoms with Gasteiger partial charge in [-0.2, -0.15) is 5.53 Å². The van der Waals surface area contributed by atoms with Gasteiger partial charge in [0.25, 0.3) is 0 Å². The number of nitrogen functional groups attached to an aromatic ring is 1. The van der Waals surface area contributed by atoms with Crippen LogP contribution < -0.4 is 11.5 Å². The van der Waals surface area contributed by atoms with Gasteiger partial charge < -0.3 is 16.0 Å². The molecule has 2 heterocycles. The quantitative estimate of drug-likeness (QED) is 0.162. The third kappa shape index (κ3) is 4.07. The molecule has 168 valence electrons. The molecule has 0 aliphatic carbocycles. The molecule has 0 aliphatic heterocycles. The Morgan fingerprint density at radius 3 is 2.36 bits per heavy atom. The molecule has 1 unspecified atom stereocenters. The van der Waals surface area contributed by atoms with Gasteiger partial charge in [0.2, 0.25) is 5.95 Å². The van der Waals surface area contributed by atoms with Crippen LogP contribution in [0.25, 0.3) is 22.0 Å². The summed E-state index contributed by atoms with van der Waals surface area (Å²) in [4.78, 5) is 8.20. The van der Waals surface area contributed by atoms with Gasteiger partial charge in [0.15, 0.2) is 0 Å². The van der Waals surface area contributed by atoms with E-state index in [0.717, 1.165) is 16.6 Å². The Balaban J connectivity index is 1.82. The molecule has 8 heteroatoms. The van der Waals surface area contributed by atoms with Crippen molar-refractivity contribution in [3.8, 4) is 11.1 Å². The van der Waals surface area contributed by atoms with Crippen molar-refractivity contribution in [3.63, 3.8) is 0 Å². The fraction of sp³-hybridized carbons (Fsp3) is 0.240. The van der Waals surface area contributed by atoms with Crippen LogP contribution in [0, 0.1) is 11.4 Å². The molecule has 0 spiro atoms. The molecule has 8 nitrogen and oxygen atoms in total. The van der Waals surface area contributed by atoms with E-state index in [-0.39, 0.29) is 11.4 Å². The number of rotatable bonds is 7. The first kappa shape index (κ1) is 22.1. The van der Waals surface area contributed by atoms with Crippen molar-refractivity contribution in [2.24, 2.45) is 22.0 Å². The van der Waals surface area contributed by atoms with Gasteiger partial charge in [-0.15, -0.1) is 5.10 Å². The summed E-state index contributed by atoms with van der Waals surface area (Å²) >= 11 is 0. The summed E-state index contributed by atoms with van der Waals surface area (Å²) in [6.45, 7) is 7.13. The molecule has 4 rings (SSSR count). The minimum absolute atomic E-state index is 0.257. The maximum atomic E-state index is 6.96. The lowest BCUT2D eigenvalue weighted by atomic mass is 9.68. The van der Waals surface area contributed by atoms with E-state index in [9.17, 15) is 0 Å². The molecular weight excluding hydrogens is 412 g/mol. The number of hydrogen-bond donors (Lipinski definition) is 3. The average Bonchev–Trinajstić information content (AvgIpc) is 3.18. The Hall–Kier alpha value is -4.07. The number of fused-ring (bicyclic) bond motifs is 1. The highest BCUT2D eigenvalue weighted by atomic mass is 15.3. The lowest BCUT2D eigenvalue weighted by molar-refractivity contribution is 0.407. The van der Waals surface area contributed by atoms with Crippen LogP contribution in [-0.4, -0.2) is 20.4 Å². The predicted molar refractivity (Wildman–Crippen MR) is 132 cm³/mol. The molecule has 2 aromatic heterocycles. The average molecular weight is 441 g/mol. The zero-order chi connectivity index (χ0) is 23.6. The van der Waals surface area contributed by atoms with Gasteiger partial charge in [-0.05, 0) is 28.7 Å². The first-order chi connectivity index (χ1) is 15.8. The topological polar surface area (TPSA) is 131 Å². The number of para-hydroxylation sites is 1. The second-order valence-corrected chi connectivity index (χ2v) is 8.64. The van der Waals surface area contributed by atoms with Gasteiger partial charge in [0.1, 0.15) is 5.84 Å². The van der Waals surface area contributed by atoms with E-state index in [1.54, 1.807) is 12.4 Å². The second kappa shape index (κ2) is 8.82. The molecule has 2 aromatic carbocycles. The van der Waals surface area contributed by atoms with Gasteiger partial charge in [-0.25, -0.2) is 9.97 Å². The number of benzene rings is 2. The third-order valence-electron chi connectivity index (χ3n) is 6.50. The van der Waals surface area contributed by atoms with E-state index >= 15 is 0 Å². The molecule has 33 heavy (non-hydrogen) atoms. The molecule has 0 radical (unpaired) electrons. The minimum Gasteiger partial charge on any atom is -0.384 e. The molecule has 0 bridgehead atoms. The highest BCUT2D eigenvalue weighted by molar-refractivity contribution is 5.88. The summed E-state index contributed by atoms with van der Waals surface area (Å²) in [5.41, 5.74) is 23.8. The van der Waals surface area contributed by atoms with Crippen molar-refractivity contribution in [2.75, 3.05) is 5.73 Å². The molecule has 0 fully saturated rings. The van der Waals surface area contributed by atoms with Gasteiger partial charge >= 0.3 is 0 Å². The Labute approximate surface area is 192 Å². The van der Waals surface area contributed by atoms with E-state index < -0.39 is 0 Å². The van der Waals surface area contributed by atoms with Crippen molar-refractivity contribution in [3.05, 3.63) is 78.2 Å². The number of nitrogens with two attached hydrogens (primary N) is 2. The zero-order valence-corrected chi connectivity index (χ0v) is 19.0. The van der Waals surface area contributed by atoms with Crippen molar-refractivity contribution in [1.29, 1.82) is 5.53 Å². The molecule has 1 atom stereocenters. The summed E-state index contributed by atoms with van der Waals surface area (Å²) < 4.78 is 2.08. The van der Waals surface area contributed by atoms with Crippen LogP contribution in [0.3, 0.4) is 0 Å². The number of nitrogens with one attached hydrogen (secondary N) is 1. The summed E-state index contributed by atoms with van der Waals surface area (Å²) in [6.07, 6.45) is 5.63. The minimum atomic E-state index is -0.257.